The van der Waals surface area contributed by atoms with Gasteiger partial charge in [-0.25, -0.2) is 4.79 Å². The highest BCUT2D eigenvalue weighted by Gasteiger charge is 1.78. The minimum atomic E-state index is 0. The van der Waals surface area contributed by atoms with Gasteiger partial charge in [0.2, 0.25) is 0 Å². The van der Waals surface area contributed by atoms with Gasteiger partial charge in [-0.3, -0.25) is 0 Å². The Labute approximate surface area is 64.8 Å². The number of benzene rings is 1. The lowest BCUT2D eigenvalue weighted by Gasteiger charge is -1.84. The third kappa shape index (κ3) is 3.19. The molecule has 0 amide bonds. The predicted octanol–water partition coefficient (Wildman–Crippen LogP) is 0.862. The summed E-state index contributed by atoms with van der Waals surface area (Å²) in [6, 6.07) is 9.51. The zero-order valence-corrected chi connectivity index (χ0v) is 5.87. The summed E-state index contributed by atoms with van der Waals surface area (Å²) in [6.07, 6.45) is 1.59. The van der Waals surface area contributed by atoms with E-state index >= 15 is 0 Å². The molecule has 0 aliphatic rings. The predicted molar refractivity (Wildman–Crippen MR) is 43.7 cm³/mol. The standard InChI is InChI=1S/C9H6O.H2O/c10-8-4-7-9-5-2-1-3-6-9;/h1-3,5-7H;1H2. The summed E-state index contributed by atoms with van der Waals surface area (Å²) in [5.41, 5.74) is 3.30. The Morgan fingerprint density at radius 1 is 1.18 bits per heavy atom. The summed E-state index contributed by atoms with van der Waals surface area (Å²) in [6.45, 7) is 0. The second-order valence-corrected chi connectivity index (χ2v) is 1.80. The van der Waals surface area contributed by atoms with Crippen molar-refractivity contribution in [2.75, 3.05) is 0 Å². The van der Waals surface area contributed by atoms with Crippen molar-refractivity contribution in [3.63, 3.8) is 0 Å². The maximum absolute atomic E-state index is 9.71. The molecule has 0 aliphatic heterocycles. The molecule has 0 spiro atoms. The van der Waals surface area contributed by atoms with Crippen molar-refractivity contribution in [3.8, 4) is 0 Å². The zero-order chi connectivity index (χ0) is 7.23. The van der Waals surface area contributed by atoms with E-state index in [1.807, 2.05) is 30.3 Å². The first-order chi connectivity index (χ1) is 4.93. The molecule has 0 saturated carbocycles. The van der Waals surface area contributed by atoms with Crippen LogP contribution >= 0.6 is 0 Å². The van der Waals surface area contributed by atoms with Crippen molar-refractivity contribution < 1.29 is 10.3 Å². The molecule has 0 aliphatic carbocycles. The van der Waals surface area contributed by atoms with Crippen LogP contribution in [0.1, 0.15) is 5.56 Å². The van der Waals surface area contributed by atoms with E-state index in [0.717, 1.165) is 5.56 Å². The van der Waals surface area contributed by atoms with Gasteiger partial charge in [-0.15, -0.1) is 0 Å². The summed E-state index contributed by atoms with van der Waals surface area (Å²) in [7, 11) is 0. The van der Waals surface area contributed by atoms with Crippen LogP contribution in [0, 0.1) is 0 Å². The molecule has 1 aromatic carbocycles. The SMILES string of the molecule is O.O=C=C=Cc1ccccc1. The Morgan fingerprint density at radius 3 is 2.36 bits per heavy atom. The molecule has 2 N–H and O–H groups in total. The fourth-order valence-electron chi connectivity index (χ4n) is 0.662. The molecule has 2 heteroatoms. The second kappa shape index (κ2) is 5.21. The largest absolute Gasteiger partial charge is 0.412 e. The molecular weight excluding hydrogens is 140 g/mol. The molecule has 0 radical (unpaired) electrons. The minimum absolute atomic E-state index is 0. The average molecular weight is 148 g/mol. The van der Waals surface area contributed by atoms with Gasteiger partial charge in [-0.05, 0) is 17.4 Å². The van der Waals surface area contributed by atoms with Crippen LogP contribution in [-0.4, -0.2) is 11.4 Å². The van der Waals surface area contributed by atoms with E-state index in [1.165, 1.54) is 0 Å². The zero-order valence-electron chi connectivity index (χ0n) is 5.87. The lowest BCUT2D eigenvalue weighted by Crippen LogP contribution is -1.65. The summed E-state index contributed by atoms with van der Waals surface area (Å²) >= 11 is 0. The first-order valence-corrected chi connectivity index (χ1v) is 2.94. The minimum Gasteiger partial charge on any atom is -0.412 e. The number of carbonyl (C=O) groups excluding carboxylic acids is 1. The van der Waals surface area contributed by atoms with Gasteiger partial charge in [-0.1, -0.05) is 30.3 Å². The quantitative estimate of drug-likeness (QED) is 0.430. The molecule has 0 saturated heterocycles. The lowest BCUT2D eigenvalue weighted by molar-refractivity contribution is 0.569. The van der Waals surface area contributed by atoms with E-state index in [0.29, 0.717) is 0 Å². The summed E-state index contributed by atoms with van der Waals surface area (Å²) in [5, 5.41) is 0. The highest BCUT2D eigenvalue weighted by molar-refractivity contribution is 5.58. The molecule has 56 valence electrons. The highest BCUT2D eigenvalue weighted by atomic mass is 16.1. The highest BCUT2D eigenvalue weighted by Crippen LogP contribution is 1.98. The fourth-order valence-corrected chi connectivity index (χ4v) is 0.662. The molecule has 0 atom stereocenters. The normalized spacial score (nSPS) is 6.91. The van der Waals surface area contributed by atoms with Crippen LogP contribution in [0.2, 0.25) is 0 Å². The maximum atomic E-state index is 9.71. The van der Waals surface area contributed by atoms with Crippen molar-refractivity contribution in [2.24, 2.45) is 0 Å². The molecule has 0 fully saturated rings. The van der Waals surface area contributed by atoms with Crippen molar-refractivity contribution >= 4 is 12.0 Å². The van der Waals surface area contributed by atoms with Crippen molar-refractivity contribution in [2.45, 2.75) is 0 Å². The van der Waals surface area contributed by atoms with Gasteiger partial charge in [0.15, 0.2) is 5.94 Å². The third-order valence-corrected chi connectivity index (χ3v) is 1.10. The van der Waals surface area contributed by atoms with Crippen LogP contribution in [0.4, 0.5) is 0 Å². The van der Waals surface area contributed by atoms with Gasteiger partial charge in [-0.2, -0.15) is 0 Å². The van der Waals surface area contributed by atoms with Gasteiger partial charge in [0.1, 0.15) is 0 Å². The monoisotopic (exact) mass is 148 g/mol. The van der Waals surface area contributed by atoms with Crippen LogP contribution in [0.25, 0.3) is 6.08 Å². The molecule has 1 aromatic rings. The average Bonchev–Trinajstić information content (AvgIpc) is 2.03. The lowest BCUT2D eigenvalue weighted by atomic mass is 10.2. The van der Waals surface area contributed by atoms with Crippen LogP contribution in [0.5, 0.6) is 0 Å². The van der Waals surface area contributed by atoms with Crippen LogP contribution in [0.15, 0.2) is 36.1 Å². The van der Waals surface area contributed by atoms with Gasteiger partial charge in [0, 0.05) is 0 Å². The van der Waals surface area contributed by atoms with E-state index in [2.05, 4.69) is 5.73 Å². The van der Waals surface area contributed by atoms with E-state index in [4.69, 9.17) is 0 Å². The van der Waals surface area contributed by atoms with Crippen LogP contribution < -0.4 is 0 Å². The van der Waals surface area contributed by atoms with Crippen LogP contribution in [-0.2, 0) is 4.79 Å². The maximum Gasteiger partial charge on any atom is 0.177 e. The van der Waals surface area contributed by atoms with E-state index < -0.39 is 0 Å². The first kappa shape index (κ1) is 9.41. The Kier molecular flexibility index (Phi) is 4.46. The van der Waals surface area contributed by atoms with Gasteiger partial charge in [0.25, 0.3) is 0 Å². The Hall–Kier alpha value is -1.59. The summed E-state index contributed by atoms with van der Waals surface area (Å²) in [5.74, 6) is 1.56. The van der Waals surface area contributed by atoms with Gasteiger partial charge < -0.3 is 5.48 Å². The molecular formula is C9H8O2. The second-order valence-electron chi connectivity index (χ2n) is 1.80. The Morgan fingerprint density at radius 2 is 1.82 bits per heavy atom. The molecule has 0 heterocycles. The number of hydrogen-bond donors (Lipinski definition) is 0. The molecule has 11 heavy (non-hydrogen) atoms. The summed E-state index contributed by atoms with van der Waals surface area (Å²) < 4.78 is 0. The van der Waals surface area contributed by atoms with Crippen molar-refractivity contribution in [1.82, 2.24) is 0 Å². The Balaban J connectivity index is 0.000001000. The summed E-state index contributed by atoms with van der Waals surface area (Å²) in [4.78, 5) is 9.71. The Bertz CT molecular complexity index is 278. The smallest absolute Gasteiger partial charge is 0.177 e. The van der Waals surface area contributed by atoms with E-state index in [9.17, 15) is 4.79 Å². The van der Waals surface area contributed by atoms with Crippen molar-refractivity contribution in [1.29, 1.82) is 0 Å². The third-order valence-electron chi connectivity index (χ3n) is 1.10. The molecule has 0 unspecified atom stereocenters. The van der Waals surface area contributed by atoms with Gasteiger partial charge in [0.05, 0.1) is 0 Å². The topological polar surface area (TPSA) is 48.6 Å². The van der Waals surface area contributed by atoms with E-state index in [1.54, 1.807) is 12.0 Å². The fraction of sp³-hybridized carbons (Fsp3) is 0. The first-order valence-electron chi connectivity index (χ1n) is 2.94. The molecule has 1 rings (SSSR count). The van der Waals surface area contributed by atoms with Crippen molar-refractivity contribution in [3.05, 3.63) is 41.6 Å². The number of hydrogen-bond acceptors (Lipinski definition) is 1. The number of rotatable bonds is 1. The van der Waals surface area contributed by atoms with E-state index in [-0.39, 0.29) is 5.48 Å². The molecule has 2 nitrogen and oxygen atoms in total. The van der Waals surface area contributed by atoms with Crippen LogP contribution in [0.3, 0.4) is 0 Å². The molecule has 0 bridgehead atoms. The molecule has 0 aromatic heterocycles. The van der Waals surface area contributed by atoms with Gasteiger partial charge >= 0.3 is 0 Å².